The zero-order chi connectivity index (χ0) is 25.2. The van der Waals surface area contributed by atoms with Gasteiger partial charge in [-0.05, 0) is 51.2 Å². The SMILES string of the molecule is CCCC(I)[C@@H]1OC[C@]2([C@H](O)[C@@H]3C=CCCC3)N1C(=O)[C@H](CCOC(=O)c1ccccc1)[C@]2(C)O. The van der Waals surface area contributed by atoms with Crippen LogP contribution < -0.4 is 0 Å². The van der Waals surface area contributed by atoms with E-state index in [-0.39, 0.29) is 35.4 Å². The monoisotopic (exact) mass is 597 g/mol. The van der Waals surface area contributed by atoms with Crippen molar-refractivity contribution < 1.29 is 29.3 Å². The zero-order valence-corrected chi connectivity index (χ0v) is 22.6. The molecule has 0 bridgehead atoms. The van der Waals surface area contributed by atoms with Crippen molar-refractivity contribution in [2.24, 2.45) is 11.8 Å². The van der Waals surface area contributed by atoms with Crippen molar-refractivity contribution in [3.63, 3.8) is 0 Å². The minimum absolute atomic E-state index is 0.00220. The highest BCUT2D eigenvalue weighted by Crippen LogP contribution is 2.54. The number of carbonyl (C=O) groups excluding carboxylic acids is 2. The number of carbonyl (C=O) groups is 2. The minimum atomic E-state index is -1.56. The molecule has 7 nitrogen and oxygen atoms in total. The van der Waals surface area contributed by atoms with Crippen molar-refractivity contribution >= 4 is 34.5 Å². The molecule has 8 heteroatoms. The number of ether oxygens (including phenoxy) is 2. The first-order valence-electron chi connectivity index (χ1n) is 12.6. The number of allylic oxidation sites excluding steroid dienone is 1. The summed E-state index contributed by atoms with van der Waals surface area (Å²) in [5.74, 6) is -1.69. The predicted octanol–water partition coefficient (Wildman–Crippen LogP) is 3.86. The molecule has 2 heterocycles. The molecule has 1 amide bonds. The number of alkyl halides is 1. The van der Waals surface area contributed by atoms with Gasteiger partial charge in [-0.15, -0.1) is 0 Å². The van der Waals surface area contributed by atoms with Crippen molar-refractivity contribution in [1.82, 2.24) is 4.90 Å². The average molecular weight is 597 g/mol. The van der Waals surface area contributed by atoms with Crippen molar-refractivity contribution in [3.8, 4) is 0 Å². The summed E-state index contributed by atoms with van der Waals surface area (Å²) in [5, 5.41) is 23.7. The summed E-state index contributed by atoms with van der Waals surface area (Å²) in [6.07, 6.45) is 7.27. The quantitative estimate of drug-likeness (QED) is 0.194. The molecule has 3 aliphatic rings. The van der Waals surface area contributed by atoms with E-state index in [0.29, 0.717) is 5.56 Å². The van der Waals surface area contributed by atoms with Crippen LogP contribution in [0.15, 0.2) is 42.5 Å². The minimum Gasteiger partial charge on any atom is -0.462 e. The summed E-state index contributed by atoms with van der Waals surface area (Å²) >= 11 is 2.31. The molecule has 2 aliphatic heterocycles. The molecule has 35 heavy (non-hydrogen) atoms. The fourth-order valence-corrected chi connectivity index (χ4v) is 7.16. The molecular formula is C27H36INO6. The van der Waals surface area contributed by atoms with Crippen LogP contribution in [0.4, 0.5) is 0 Å². The number of aliphatic hydroxyl groups excluding tert-OH is 1. The van der Waals surface area contributed by atoms with E-state index in [1.807, 2.05) is 12.1 Å². The van der Waals surface area contributed by atoms with Crippen LogP contribution in [0.3, 0.4) is 0 Å². The average Bonchev–Trinajstić information content (AvgIpc) is 3.35. The number of benzene rings is 1. The van der Waals surface area contributed by atoms with Crippen LogP contribution in [-0.2, 0) is 14.3 Å². The fourth-order valence-electron chi connectivity index (χ4n) is 6.00. The summed E-state index contributed by atoms with van der Waals surface area (Å²) in [4.78, 5) is 27.9. The van der Waals surface area contributed by atoms with Crippen LogP contribution in [0.5, 0.6) is 0 Å². The van der Waals surface area contributed by atoms with Crippen LogP contribution in [0, 0.1) is 11.8 Å². The van der Waals surface area contributed by atoms with Gasteiger partial charge in [0, 0.05) is 5.92 Å². The molecule has 0 aromatic heterocycles. The number of esters is 1. The number of rotatable bonds is 9. The summed E-state index contributed by atoms with van der Waals surface area (Å²) in [6, 6.07) is 8.70. The highest BCUT2D eigenvalue weighted by Gasteiger charge is 2.73. The van der Waals surface area contributed by atoms with E-state index in [0.717, 1.165) is 32.1 Å². The maximum absolute atomic E-state index is 13.9. The van der Waals surface area contributed by atoms with E-state index in [4.69, 9.17) is 9.47 Å². The summed E-state index contributed by atoms with van der Waals surface area (Å²) in [7, 11) is 0. The molecule has 1 aliphatic carbocycles. The lowest BCUT2D eigenvalue weighted by atomic mass is 9.68. The fraction of sp³-hybridized carbons (Fsp3) is 0.630. The maximum Gasteiger partial charge on any atom is 0.338 e. The Bertz CT molecular complexity index is 937. The third kappa shape index (κ3) is 4.67. The van der Waals surface area contributed by atoms with E-state index in [9.17, 15) is 19.8 Å². The highest BCUT2D eigenvalue weighted by molar-refractivity contribution is 14.1. The van der Waals surface area contributed by atoms with Gasteiger partial charge < -0.3 is 24.6 Å². The molecule has 7 atom stereocenters. The van der Waals surface area contributed by atoms with Crippen LogP contribution >= 0.6 is 22.6 Å². The molecule has 2 saturated heterocycles. The van der Waals surface area contributed by atoms with E-state index >= 15 is 0 Å². The Morgan fingerprint density at radius 2 is 2.09 bits per heavy atom. The lowest BCUT2D eigenvalue weighted by Gasteiger charge is -2.47. The molecule has 2 N–H and O–H groups in total. The molecule has 1 aromatic rings. The first-order chi connectivity index (χ1) is 16.8. The Kier molecular flexibility index (Phi) is 8.25. The zero-order valence-electron chi connectivity index (χ0n) is 20.4. The van der Waals surface area contributed by atoms with E-state index in [1.54, 1.807) is 36.1 Å². The van der Waals surface area contributed by atoms with E-state index in [2.05, 4.69) is 35.6 Å². The molecule has 0 spiro atoms. The number of aliphatic hydroxyl groups is 2. The van der Waals surface area contributed by atoms with E-state index < -0.39 is 35.4 Å². The molecule has 192 valence electrons. The second-order valence-corrected chi connectivity index (χ2v) is 11.7. The standard InChI is InChI=1S/C27H36INO6/c1-3-10-21(28)24-29-23(31)20(15-16-34-25(32)19-13-8-5-9-14-19)26(2,33)27(29,17-35-24)22(30)18-11-6-4-7-12-18/h5-6,8-9,11,13-14,18,20-22,24,30,33H,3-4,7,10,12,15-17H2,1-2H3/t18-,20+,21?,22-,24+,26+,27-/m1/s1. The predicted molar refractivity (Wildman–Crippen MR) is 140 cm³/mol. The van der Waals surface area contributed by atoms with Gasteiger partial charge >= 0.3 is 5.97 Å². The molecule has 4 rings (SSSR count). The Balaban J connectivity index is 1.59. The van der Waals surface area contributed by atoms with Gasteiger partial charge in [0.2, 0.25) is 5.91 Å². The summed E-state index contributed by atoms with van der Waals surface area (Å²) in [5.41, 5.74) is -2.38. The summed E-state index contributed by atoms with van der Waals surface area (Å²) < 4.78 is 11.7. The van der Waals surface area contributed by atoms with Crippen molar-refractivity contribution in [1.29, 1.82) is 0 Å². The second kappa shape index (κ2) is 10.9. The van der Waals surface area contributed by atoms with Gasteiger partial charge in [-0.3, -0.25) is 4.79 Å². The Morgan fingerprint density at radius 3 is 2.74 bits per heavy atom. The molecule has 0 radical (unpaired) electrons. The second-order valence-electron chi connectivity index (χ2n) is 10.1. The number of halogens is 1. The summed E-state index contributed by atoms with van der Waals surface area (Å²) in [6.45, 7) is 3.79. The molecule has 1 aromatic carbocycles. The maximum atomic E-state index is 13.9. The number of hydrogen-bond acceptors (Lipinski definition) is 6. The normalized spacial score (nSPS) is 34.0. The number of nitrogens with zero attached hydrogens (tertiary/aromatic N) is 1. The lowest BCUT2D eigenvalue weighted by molar-refractivity contribution is -0.142. The van der Waals surface area contributed by atoms with Gasteiger partial charge in [0.05, 0.1) is 34.7 Å². The van der Waals surface area contributed by atoms with Gasteiger partial charge in [-0.1, -0.05) is 66.3 Å². The number of fused-ring (bicyclic) bond motifs is 1. The lowest BCUT2D eigenvalue weighted by Crippen LogP contribution is -2.67. The van der Waals surface area contributed by atoms with Gasteiger partial charge in [-0.2, -0.15) is 0 Å². The third-order valence-corrected chi connectivity index (χ3v) is 9.20. The van der Waals surface area contributed by atoms with Crippen molar-refractivity contribution in [2.45, 2.75) is 79.8 Å². The topological polar surface area (TPSA) is 96.3 Å². The Morgan fingerprint density at radius 1 is 1.34 bits per heavy atom. The van der Waals surface area contributed by atoms with Crippen LogP contribution in [0.25, 0.3) is 0 Å². The van der Waals surface area contributed by atoms with Gasteiger partial charge in [-0.25, -0.2) is 4.79 Å². The molecule has 2 fully saturated rings. The van der Waals surface area contributed by atoms with Gasteiger partial charge in [0.25, 0.3) is 0 Å². The molecule has 0 saturated carbocycles. The first kappa shape index (κ1) is 26.6. The highest BCUT2D eigenvalue weighted by atomic mass is 127. The smallest absolute Gasteiger partial charge is 0.338 e. The molecule has 1 unspecified atom stereocenters. The van der Waals surface area contributed by atoms with Crippen LogP contribution in [-0.4, -0.2) is 67.6 Å². The number of amides is 1. The van der Waals surface area contributed by atoms with Crippen molar-refractivity contribution in [3.05, 3.63) is 48.0 Å². The Labute approximate surface area is 221 Å². The van der Waals surface area contributed by atoms with Gasteiger partial charge in [0.15, 0.2) is 0 Å². The van der Waals surface area contributed by atoms with Crippen LogP contribution in [0.1, 0.15) is 62.7 Å². The van der Waals surface area contributed by atoms with E-state index in [1.165, 1.54) is 0 Å². The molecular weight excluding hydrogens is 561 g/mol. The third-order valence-electron chi connectivity index (χ3n) is 7.96. The number of hydrogen-bond donors (Lipinski definition) is 2. The first-order valence-corrected chi connectivity index (χ1v) is 13.9. The van der Waals surface area contributed by atoms with Crippen LogP contribution in [0.2, 0.25) is 0 Å². The van der Waals surface area contributed by atoms with Gasteiger partial charge in [0.1, 0.15) is 17.4 Å². The van der Waals surface area contributed by atoms with Crippen molar-refractivity contribution in [2.75, 3.05) is 13.2 Å². The largest absolute Gasteiger partial charge is 0.462 e. The Hall–Kier alpha value is -1.49.